The highest BCUT2D eigenvalue weighted by Crippen LogP contribution is 2.35. The van der Waals surface area contributed by atoms with Gasteiger partial charge in [-0.25, -0.2) is 0 Å². The van der Waals surface area contributed by atoms with Gasteiger partial charge in [-0.2, -0.15) is 0 Å². The molecule has 0 radical (unpaired) electrons. The maximum Gasteiger partial charge on any atom is 0.254 e. The second-order valence-corrected chi connectivity index (χ2v) is 8.82. The molecule has 1 amide bonds. The van der Waals surface area contributed by atoms with Gasteiger partial charge in [-0.3, -0.25) is 4.79 Å². The predicted molar refractivity (Wildman–Crippen MR) is 123 cm³/mol. The van der Waals surface area contributed by atoms with E-state index in [0.717, 1.165) is 11.1 Å². The fourth-order valence-corrected chi connectivity index (χ4v) is 4.32. The van der Waals surface area contributed by atoms with Crippen LogP contribution in [0.25, 0.3) is 0 Å². The Hall–Kier alpha value is -2.32. The van der Waals surface area contributed by atoms with Crippen LogP contribution >= 0.6 is 0 Å². The van der Waals surface area contributed by atoms with Crippen molar-refractivity contribution in [3.05, 3.63) is 23.3 Å². The van der Waals surface area contributed by atoms with Crippen LogP contribution in [0.1, 0.15) is 30.9 Å². The first kappa shape index (κ1) is 28.3. The van der Waals surface area contributed by atoms with Crippen molar-refractivity contribution in [3.63, 3.8) is 0 Å². The molecule has 0 saturated carbocycles. The Labute approximate surface area is 209 Å². The zero-order chi connectivity index (χ0) is 26.4. The number of ether oxygens (including phenoxy) is 5. The molecule has 1 fully saturated rings. The predicted octanol–water partition coefficient (Wildman–Crippen LogP) is -0.749. The second kappa shape index (κ2) is 12.8. The van der Waals surface area contributed by atoms with Crippen LogP contribution in [-0.2, 0) is 30.3 Å². The zero-order valence-electron chi connectivity index (χ0n) is 20.6. The molecule has 0 bridgehead atoms. The highest BCUT2D eigenvalue weighted by Gasteiger charge is 2.47. The number of nitrogens with zero attached hydrogens (tertiary/aromatic N) is 1. The molecular formula is C24H35NO11. The van der Waals surface area contributed by atoms with E-state index in [4.69, 9.17) is 23.7 Å². The van der Waals surface area contributed by atoms with Gasteiger partial charge in [-0.1, -0.05) is 6.92 Å². The third-order valence-electron chi connectivity index (χ3n) is 6.33. The Morgan fingerprint density at radius 2 is 1.94 bits per heavy atom. The van der Waals surface area contributed by atoms with Crippen molar-refractivity contribution in [3.8, 4) is 11.5 Å². The monoisotopic (exact) mass is 513 g/mol. The number of aryl methyl sites for hydroxylation is 1. The van der Waals surface area contributed by atoms with Crippen molar-refractivity contribution < 1.29 is 53.7 Å². The number of fused-ring (bicyclic) bond motifs is 1. The number of aliphatic hydroxyl groups is 4. The molecule has 2 heterocycles. The summed E-state index contributed by atoms with van der Waals surface area (Å²) in [5.74, 6) is 0.517. The Bertz CT molecular complexity index is 897. The number of amides is 1. The number of methoxy groups -OCH3 is 1. The van der Waals surface area contributed by atoms with E-state index < -0.39 is 55.4 Å². The zero-order valence-corrected chi connectivity index (χ0v) is 20.6. The number of aliphatic hydroxyl groups excluding tert-OH is 4. The van der Waals surface area contributed by atoms with Crippen LogP contribution in [0.5, 0.6) is 11.5 Å². The second-order valence-electron chi connectivity index (χ2n) is 8.82. The average Bonchev–Trinajstić information content (AvgIpc) is 3.31. The molecule has 0 aliphatic carbocycles. The maximum absolute atomic E-state index is 13.3. The van der Waals surface area contributed by atoms with Crippen molar-refractivity contribution in [2.75, 3.05) is 27.1 Å². The summed E-state index contributed by atoms with van der Waals surface area (Å²) in [5.41, 5.74) is 1.68. The normalized spacial score (nSPS) is 26.9. The molecule has 36 heavy (non-hydrogen) atoms. The van der Waals surface area contributed by atoms with E-state index in [2.05, 4.69) is 0 Å². The quantitative estimate of drug-likeness (QED) is 0.260. The SMILES string of the molecule is CCCN(Cc1cc2c(cc1C)OCO2)C(=O)[C@@H](O)[C@@H](CC=O)O[C@@H]1O[C@H](CO)[C@@H](O)[C@H](OC)[C@H]1O. The summed E-state index contributed by atoms with van der Waals surface area (Å²) in [6, 6.07) is 3.61. The molecule has 0 aromatic heterocycles. The van der Waals surface area contributed by atoms with Gasteiger partial charge in [-0.15, -0.1) is 0 Å². The Morgan fingerprint density at radius 1 is 1.25 bits per heavy atom. The fourth-order valence-electron chi connectivity index (χ4n) is 4.32. The first-order valence-electron chi connectivity index (χ1n) is 11.9. The minimum atomic E-state index is -1.76. The highest BCUT2D eigenvalue weighted by atomic mass is 16.7. The van der Waals surface area contributed by atoms with Gasteiger partial charge in [0.15, 0.2) is 23.9 Å². The van der Waals surface area contributed by atoms with Crippen molar-refractivity contribution in [1.29, 1.82) is 0 Å². The summed E-state index contributed by atoms with van der Waals surface area (Å²) in [7, 11) is 1.26. The van der Waals surface area contributed by atoms with E-state index in [1.54, 1.807) is 6.07 Å². The van der Waals surface area contributed by atoms with Crippen LogP contribution < -0.4 is 9.47 Å². The van der Waals surface area contributed by atoms with Gasteiger partial charge >= 0.3 is 0 Å². The lowest BCUT2D eigenvalue weighted by Crippen LogP contribution is -2.61. The van der Waals surface area contributed by atoms with Crippen molar-refractivity contribution in [1.82, 2.24) is 4.90 Å². The lowest BCUT2D eigenvalue weighted by molar-refractivity contribution is -0.318. The molecule has 0 unspecified atom stereocenters. The Kier molecular flexibility index (Phi) is 10.0. The van der Waals surface area contributed by atoms with Crippen molar-refractivity contribution in [2.45, 2.75) is 76.1 Å². The summed E-state index contributed by atoms with van der Waals surface area (Å²) in [6.07, 6.45) is -9.01. The molecule has 1 saturated heterocycles. The van der Waals surface area contributed by atoms with Crippen molar-refractivity contribution >= 4 is 12.2 Å². The molecule has 2 aliphatic heterocycles. The molecule has 1 aromatic rings. The van der Waals surface area contributed by atoms with Crippen LogP contribution in [-0.4, -0.2) is 107 Å². The lowest BCUT2D eigenvalue weighted by Gasteiger charge is -2.42. The average molecular weight is 514 g/mol. The third-order valence-corrected chi connectivity index (χ3v) is 6.33. The van der Waals surface area contributed by atoms with Gasteiger partial charge in [0.2, 0.25) is 6.79 Å². The first-order valence-corrected chi connectivity index (χ1v) is 11.9. The van der Waals surface area contributed by atoms with Gasteiger partial charge in [0.1, 0.15) is 36.8 Å². The number of hydrogen-bond donors (Lipinski definition) is 4. The van der Waals surface area contributed by atoms with Gasteiger partial charge < -0.3 is 53.8 Å². The van der Waals surface area contributed by atoms with Crippen LogP contribution in [0.15, 0.2) is 12.1 Å². The Morgan fingerprint density at radius 3 is 2.56 bits per heavy atom. The molecule has 0 spiro atoms. The van der Waals surface area contributed by atoms with E-state index in [1.165, 1.54) is 12.0 Å². The summed E-state index contributed by atoms with van der Waals surface area (Å²) in [6.45, 7) is 3.79. The number of carbonyl (C=O) groups is 2. The van der Waals surface area contributed by atoms with E-state index >= 15 is 0 Å². The van der Waals surface area contributed by atoms with E-state index in [-0.39, 0.29) is 19.8 Å². The maximum atomic E-state index is 13.3. The summed E-state index contributed by atoms with van der Waals surface area (Å²) < 4.78 is 27.0. The third kappa shape index (κ3) is 6.14. The smallest absolute Gasteiger partial charge is 0.254 e. The first-order chi connectivity index (χ1) is 17.2. The number of carbonyl (C=O) groups excluding carboxylic acids is 2. The minimum Gasteiger partial charge on any atom is -0.454 e. The number of rotatable bonds is 12. The topological polar surface area (TPSA) is 164 Å². The van der Waals surface area contributed by atoms with Gasteiger partial charge in [-0.05, 0) is 36.6 Å². The molecule has 4 N–H and O–H groups in total. The molecule has 3 rings (SSSR count). The van der Waals surface area contributed by atoms with Gasteiger partial charge in [0, 0.05) is 26.6 Å². The lowest BCUT2D eigenvalue weighted by atomic mass is 9.98. The molecule has 1 aromatic carbocycles. The molecule has 12 heteroatoms. The summed E-state index contributed by atoms with van der Waals surface area (Å²) in [4.78, 5) is 26.1. The summed E-state index contributed by atoms with van der Waals surface area (Å²) in [5, 5.41) is 41.2. The molecular weight excluding hydrogens is 478 g/mol. The molecule has 7 atom stereocenters. The van der Waals surface area contributed by atoms with Crippen LogP contribution in [0, 0.1) is 6.92 Å². The fraction of sp³-hybridized carbons (Fsp3) is 0.667. The van der Waals surface area contributed by atoms with Gasteiger partial charge in [0.05, 0.1) is 6.61 Å². The highest BCUT2D eigenvalue weighted by molar-refractivity contribution is 5.81. The standard InChI is InChI=1S/C24H35NO11/c1-4-6-25(10-14-9-17-16(8-13(14)2)33-12-34-17)23(31)20(29)15(5-7-26)35-24-21(30)22(32-3)19(28)18(11-27)36-24/h7-9,15,18-22,24,27-30H,4-6,10-12H2,1-3H3/t15-,18-,19-,20+,21-,22+,24-/m1/s1. The van der Waals surface area contributed by atoms with Crippen LogP contribution in [0.3, 0.4) is 0 Å². The van der Waals surface area contributed by atoms with E-state index in [0.29, 0.717) is 30.8 Å². The van der Waals surface area contributed by atoms with E-state index in [1.807, 2.05) is 19.9 Å². The number of aldehydes is 1. The Balaban J connectivity index is 1.77. The van der Waals surface area contributed by atoms with Crippen molar-refractivity contribution in [2.24, 2.45) is 0 Å². The number of hydrogen-bond acceptors (Lipinski definition) is 11. The largest absolute Gasteiger partial charge is 0.454 e. The summed E-state index contributed by atoms with van der Waals surface area (Å²) >= 11 is 0. The molecule has 202 valence electrons. The number of benzene rings is 1. The molecule has 12 nitrogen and oxygen atoms in total. The van der Waals surface area contributed by atoms with Crippen LogP contribution in [0.4, 0.5) is 0 Å². The molecule has 2 aliphatic rings. The van der Waals surface area contributed by atoms with Crippen LogP contribution in [0.2, 0.25) is 0 Å². The van der Waals surface area contributed by atoms with Gasteiger partial charge in [0.25, 0.3) is 5.91 Å². The van der Waals surface area contributed by atoms with E-state index in [9.17, 15) is 30.0 Å². The minimum absolute atomic E-state index is 0.118.